The number of amides is 2. The number of phenolic OH excluding ortho intramolecular Hbond substituents is 1. The molecule has 1 fully saturated rings. The Balaban J connectivity index is 1.94. The lowest BCUT2D eigenvalue weighted by Gasteiger charge is -2.28. The number of rotatable bonds is 5. The molecule has 152 valence electrons. The number of hydrogen-bond acceptors (Lipinski definition) is 4. The van der Waals surface area contributed by atoms with Crippen LogP contribution in [-0.4, -0.2) is 32.7 Å². The van der Waals surface area contributed by atoms with Gasteiger partial charge in [-0.05, 0) is 42.4 Å². The number of primary amides is 1. The lowest BCUT2D eigenvalue weighted by molar-refractivity contribution is -0.122. The highest BCUT2D eigenvalue weighted by molar-refractivity contribution is 6.06. The highest BCUT2D eigenvalue weighted by Crippen LogP contribution is 2.29. The number of hydrogen-bond donors (Lipinski definition) is 3. The normalized spacial score (nSPS) is 16.8. The topological polar surface area (TPSA) is 110 Å². The maximum atomic E-state index is 13.0. The van der Waals surface area contributed by atoms with Crippen molar-refractivity contribution in [1.82, 2.24) is 15.1 Å². The Morgan fingerprint density at radius 3 is 2.57 bits per heavy atom. The van der Waals surface area contributed by atoms with E-state index in [0.29, 0.717) is 11.3 Å². The molecule has 0 aliphatic heterocycles. The second-order valence-electron chi connectivity index (χ2n) is 8.91. The minimum Gasteiger partial charge on any atom is -0.508 e. The van der Waals surface area contributed by atoms with Gasteiger partial charge in [0.25, 0.3) is 5.91 Å². The monoisotopic (exact) mass is 386 g/mol. The van der Waals surface area contributed by atoms with Gasteiger partial charge in [-0.15, -0.1) is 0 Å². The molecule has 1 aliphatic rings. The second-order valence-corrected chi connectivity index (χ2v) is 8.91. The molecule has 1 aromatic carbocycles. The van der Waals surface area contributed by atoms with Crippen LogP contribution in [0.1, 0.15) is 63.4 Å². The Hall–Kier alpha value is -2.57. The van der Waals surface area contributed by atoms with Gasteiger partial charge in [0.2, 0.25) is 5.91 Å². The van der Waals surface area contributed by atoms with E-state index in [-0.39, 0.29) is 11.4 Å². The van der Waals surface area contributed by atoms with Crippen LogP contribution in [0.15, 0.2) is 18.2 Å². The predicted octanol–water partition coefficient (Wildman–Crippen LogP) is 2.95. The first-order valence-electron chi connectivity index (χ1n) is 9.96. The van der Waals surface area contributed by atoms with E-state index in [9.17, 15) is 14.7 Å². The van der Waals surface area contributed by atoms with Crippen LogP contribution in [0.25, 0.3) is 10.9 Å². The zero-order valence-corrected chi connectivity index (χ0v) is 16.9. The number of carbonyl (C=O) groups is 2. The van der Waals surface area contributed by atoms with Crippen LogP contribution >= 0.6 is 0 Å². The molecule has 1 heterocycles. The van der Waals surface area contributed by atoms with Gasteiger partial charge in [-0.25, -0.2) is 0 Å². The molecule has 2 aromatic rings. The van der Waals surface area contributed by atoms with Gasteiger partial charge >= 0.3 is 0 Å². The summed E-state index contributed by atoms with van der Waals surface area (Å²) in [5, 5.41) is 17.8. The molecule has 1 aromatic heterocycles. The van der Waals surface area contributed by atoms with Gasteiger partial charge in [-0.1, -0.05) is 40.0 Å². The number of carbonyl (C=O) groups excluding carboxylic acids is 2. The molecule has 2 amide bonds. The van der Waals surface area contributed by atoms with Crippen molar-refractivity contribution >= 4 is 22.7 Å². The maximum absolute atomic E-state index is 13.0. The summed E-state index contributed by atoms with van der Waals surface area (Å²) >= 11 is 0. The van der Waals surface area contributed by atoms with Crippen molar-refractivity contribution in [3.8, 4) is 5.75 Å². The summed E-state index contributed by atoms with van der Waals surface area (Å²) in [6.45, 7) is 6.27. The molecule has 1 saturated carbocycles. The largest absolute Gasteiger partial charge is 0.508 e. The summed E-state index contributed by atoms with van der Waals surface area (Å²) in [5.74, 6) is -0.443. The molecule has 0 radical (unpaired) electrons. The smallest absolute Gasteiger partial charge is 0.273 e. The van der Waals surface area contributed by atoms with E-state index in [1.165, 1.54) is 19.3 Å². The summed E-state index contributed by atoms with van der Waals surface area (Å²) < 4.78 is 1.86. The molecular formula is C21H30N4O3. The van der Waals surface area contributed by atoms with Crippen molar-refractivity contribution in [3.05, 3.63) is 23.9 Å². The van der Waals surface area contributed by atoms with Crippen molar-refractivity contribution in [2.45, 2.75) is 65.5 Å². The molecular weight excluding hydrogens is 356 g/mol. The minimum absolute atomic E-state index is 0.0704. The molecule has 7 heteroatoms. The van der Waals surface area contributed by atoms with Crippen molar-refractivity contribution in [3.63, 3.8) is 0 Å². The summed E-state index contributed by atoms with van der Waals surface area (Å²) in [6, 6.07) is 4.11. The molecule has 4 N–H and O–H groups in total. The van der Waals surface area contributed by atoms with Gasteiger partial charge in [0, 0.05) is 11.9 Å². The standard InChI is InChI=1S/C21H30N4O3/c1-21(2,3)18(19(22)27)23-20(28)17-15-11-14(26)9-10-16(15)25(24-17)12-13-7-5-4-6-8-13/h9-11,13,18,26H,4-8,12H2,1-3H3,(H2,22,27)(H,23,28). The highest BCUT2D eigenvalue weighted by Gasteiger charge is 2.32. The van der Waals surface area contributed by atoms with Crippen LogP contribution < -0.4 is 11.1 Å². The predicted molar refractivity (Wildman–Crippen MR) is 108 cm³/mol. The van der Waals surface area contributed by atoms with E-state index in [0.717, 1.165) is 24.9 Å². The summed E-state index contributed by atoms with van der Waals surface area (Å²) in [5.41, 5.74) is 5.98. The number of fused-ring (bicyclic) bond motifs is 1. The Morgan fingerprint density at radius 1 is 1.29 bits per heavy atom. The number of nitrogens with zero attached hydrogens (tertiary/aromatic N) is 2. The average Bonchev–Trinajstić information content (AvgIpc) is 2.96. The van der Waals surface area contributed by atoms with E-state index in [4.69, 9.17) is 5.73 Å². The quantitative estimate of drug-likeness (QED) is 0.734. The van der Waals surface area contributed by atoms with Crippen LogP contribution in [-0.2, 0) is 11.3 Å². The third-order valence-corrected chi connectivity index (χ3v) is 5.53. The van der Waals surface area contributed by atoms with Crippen LogP contribution in [0.2, 0.25) is 0 Å². The fraction of sp³-hybridized carbons (Fsp3) is 0.571. The van der Waals surface area contributed by atoms with Gasteiger partial charge in [-0.2, -0.15) is 5.10 Å². The zero-order valence-electron chi connectivity index (χ0n) is 16.9. The summed E-state index contributed by atoms with van der Waals surface area (Å²) in [6.07, 6.45) is 6.05. The molecule has 1 atom stereocenters. The van der Waals surface area contributed by atoms with Crippen molar-refractivity contribution in [1.29, 1.82) is 0 Å². The Morgan fingerprint density at radius 2 is 1.96 bits per heavy atom. The van der Waals surface area contributed by atoms with Gasteiger partial charge in [-0.3, -0.25) is 14.3 Å². The molecule has 1 aliphatic carbocycles. The third-order valence-electron chi connectivity index (χ3n) is 5.53. The lowest BCUT2D eigenvalue weighted by atomic mass is 9.86. The van der Waals surface area contributed by atoms with Gasteiger partial charge in [0.05, 0.1) is 5.52 Å². The highest BCUT2D eigenvalue weighted by atomic mass is 16.3. The first-order chi connectivity index (χ1) is 13.2. The van der Waals surface area contributed by atoms with Gasteiger partial charge in [0.15, 0.2) is 5.69 Å². The maximum Gasteiger partial charge on any atom is 0.273 e. The molecule has 1 unspecified atom stereocenters. The number of benzene rings is 1. The van der Waals surface area contributed by atoms with Crippen molar-refractivity contribution in [2.24, 2.45) is 17.1 Å². The second kappa shape index (κ2) is 7.81. The first-order valence-corrected chi connectivity index (χ1v) is 9.96. The Kier molecular flexibility index (Phi) is 5.63. The Bertz CT molecular complexity index is 876. The number of aromatic hydroxyl groups is 1. The van der Waals surface area contributed by atoms with E-state index >= 15 is 0 Å². The van der Waals surface area contributed by atoms with Gasteiger partial charge in [0.1, 0.15) is 11.8 Å². The number of nitrogens with two attached hydrogens (primary N) is 1. The van der Waals surface area contributed by atoms with Crippen molar-refractivity contribution < 1.29 is 14.7 Å². The van der Waals surface area contributed by atoms with E-state index in [1.807, 2.05) is 25.5 Å². The minimum atomic E-state index is -0.823. The average molecular weight is 386 g/mol. The van der Waals surface area contributed by atoms with Crippen LogP contribution in [0, 0.1) is 11.3 Å². The van der Waals surface area contributed by atoms with Crippen molar-refractivity contribution in [2.75, 3.05) is 0 Å². The number of aromatic nitrogens is 2. The lowest BCUT2D eigenvalue weighted by Crippen LogP contribution is -2.52. The number of phenols is 1. The van der Waals surface area contributed by atoms with E-state index in [2.05, 4.69) is 10.4 Å². The van der Waals surface area contributed by atoms with Crippen LogP contribution in [0.4, 0.5) is 0 Å². The fourth-order valence-corrected chi connectivity index (χ4v) is 4.00. The molecule has 3 rings (SSSR count). The number of nitrogens with one attached hydrogen (secondary N) is 1. The SMILES string of the molecule is CC(C)(C)C(NC(=O)c1nn(CC2CCCCC2)c2ccc(O)cc12)C(N)=O. The van der Waals surface area contributed by atoms with E-state index < -0.39 is 23.3 Å². The zero-order chi connectivity index (χ0) is 20.5. The molecule has 0 bridgehead atoms. The van der Waals surface area contributed by atoms with E-state index in [1.54, 1.807) is 18.2 Å². The summed E-state index contributed by atoms with van der Waals surface area (Å²) in [7, 11) is 0. The fourth-order valence-electron chi connectivity index (χ4n) is 4.00. The first kappa shape index (κ1) is 20.2. The molecule has 7 nitrogen and oxygen atoms in total. The molecule has 0 spiro atoms. The molecule has 0 saturated heterocycles. The third kappa shape index (κ3) is 4.29. The van der Waals surface area contributed by atoms with Crippen LogP contribution in [0.3, 0.4) is 0 Å². The van der Waals surface area contributed by atoms with Gasteiger partial charge < -0.3 is 16.2 Å². The van der Waals surface area contributed by atoms with Crippen LogP contribution in [0.5, 0.6) is 5.75 Å². The molecule has 28 heavy (non-hydrogen) atoms. The Labute approximate surface area is 165 Å². The summed E-state index contributed by atoms with van der Waals surface area (Å²) in [4.78, 5) is 24.8.